The van der Waals surface area contributed by atoms with Gasteiger partial charge in [-0.2, -0.15) is 4.80 Å². The summed E-state index contributed by atoms with van der Waals surface area (Å²) in [7, 11) is 1.60. The highest BCUT2D eigenvalue weighted by Crippen LogP contribution is 2.44. The van der Waals surface area contributed by atoms with Crippen LogP contribution in [0.1, 0.15) is 30.3 Å². The average molecular weight is 571 g/mol. The lowest BCUT2D eigenvalue weighted by Crippen LogP contribution is -2.50. The van der Waals surface area contributed by atoms with Crippen molar-refractivity contribution in [3.8, 4) is 28.6 Å². The third-order valence-corrected chi connectivity index (χ3v) is 7.79. The number of carbonyl (C=O) groups is 2. The summed E-state index contributed by atoms with van der Waals surface area (Å²) < 4.78 is 25.0. The zero-order valence-corrected chi connectivity index (χ0v) is 22.1. The zero-order valence-electron chi connectivity index (χ0n) is 20.6. The van der Waals surface area contributed by atoms with Gasteiger partial charge in [0.25, 0.3) is 0 Å². The van der Waals surface area contributed by atoms with Crippen molar-refractivity contribution in [3.05, 3.63) is 52.6 Å². The van der Waals surface area contributed by atoms with Gasteiger partial charge in [-0.25, -0.2) is 9.18 Å². The fraction of sp³-hybridized carbons (Fsp3) is 0.292. The Labute approximate surface area is 229 Å². The molecule has 39 heavy (non-hydrogen) atoms. The minimum atomic E-state index is -1.06. The highest BCUT2D eigenvalue weighted by Gasteiger charge is 2.52. The van der Waals surface area contributed by atoms with Gasteiger partial charge < -0.3 is 19.8 Å². The number of fused-ring (bicyclic) bond motifs is 1. The van der Waals surface area contributed by atoms with E-state index in [4.69, 9.17) is 20.8 Å². The van der Waals surface area contributed by atoms with Gasteiger partial charge in [0.05, 0.1) is 18.7 Å². The van der Waals surface area contributed by atoms with Gasteiger partial charge >= 0.3 is 12.2 Å². The van der Waals surface area contributed by atoms with Crippen molar-refractivity contribution in [1.29, 1.82) is 0 Å². The number of hydrogen-bond acceptors (Lipinski definition) is 10. The Kier molecular flexibility index (Phi) is 6.22. The Morgan fingerprint density at radius 1 is 1.23 bits per heavy atom. The summed E-state index contributed by atoms with van der Waals surface area (Å²) in [5, 5.41) is 25.0. The SMILES string of the molecule is Cc1nnc(OC(=O)NC2(C(=O)NC3CSc4cc(-c5cc(Cl)cc(F)c5-c5nnn(C)n5)ccc43)CC2)o1. The Morgan fingerprint density at radius 3 is 2.74 bits per heavy atom. The third-order valence-electron chi connectivity index (χ3n) is 6.41. The van der Waals surface area contributed by atoms with E-state index in [9.17, 15) is 14.0 Å². The molecular weight excluding hydrogens is 551 g/mol. The van der Waals surface area contributed by atoms with Crippen molar-refractivity contribution in [2.45, 2.75) is 36.2 Å². The summed E-state index contributed by atoms with van der Waals surface area (Å²) in [6.07, 6.45) is -0.195. The van der Waals surface area contributed by atoms with E-state index >= 15 is 0 Å². The van der Waals surface area contributed by atoms with Crippen LogP contribution >= 0.6 is 23.4 Å². The Morgan fingerprint density at radius 2 is 2.05 bits per heavy atom. The van der Waals surface area contributed by atoms with Crippen LogP contribution in [0.2, 0.25) is 5.02 Å². The van der Waals surface area contributed by atoms with Crippen LogP contribution in [-0.4, -0.2) is 53.7 Å². The van der Waals surface area contributed by atoms with Crippen LogP contribution in [0.5, 0.6) is 6.08 Å². The molecule has 15 heteroatoms. The summed E-state index contributed by atoms with van der Waals surface area (Å²) in [5.41, 5.74) is 1.30. The fourth-order valence-corrected chi connectivity index (χ4v) is 5.76. The molecule has 2 aromatic carbocycles. The van der Waals surface area contributed by atoms with Crippen molar-refractivity contribution in [1.82, 2.24) is 41.0 Å². The molecule has 6 rings (SSSR count). The molecule has 2 N–H and O–H groups in total. The minimum absolute atomic E-state index is 0.148. The van der Waals surface area contributed by atoms with Crippen LogP contribution in [0.25, 0.3) is 22.5 Å². The average Bonchev–Trinajstić information content (AvgIpc) is 3.16. The van der Waals surface area contributed by atoms with E-state index in [0.717, 1.165) is 16.0 Å². The molecule has 2 aliphatic rings. The molecule has 1 aliphatic carbocycles. The molecule has 200 valence electrons. The van der Waals surface area contributed by atoms with Gasteiger partial charge in [0.15, 0.2) is 0 Å². The van der Waals surface area contributed by atoms with Crippen LogP contribution in [0.3, 0.4) is 0 Å². The van der Waals surface area contributed by atoms with Crippen molar-refractivity contribution in [3.63, 3.8) is 0 Å². The smallest absolute Gasteiger partial charge is 0.393 e. The lowest BCUT2D eigenvalue weighted by molar-refractivity contribution is -0.124. The molecule has 0 spiro atoms. The van der Waals surface area contributed by atoms with E-state index in [2.05, 4.69) is 36.2 Å². The quantitative estimate of drug-likeness (QED) is 0.352. The molecule has 0 radical (unpaired) electrons. The second-order valence-corrected chi connectivity index (χ2v) is 10.7. The number of rotatable bonds is 6. The number of benzene rings is 2. The highest BCUT2D eigenvalue weighted by molar-refractivity contribution is 7.99. The van der Waals surface area contributed by atoms with Crippen molar-refractivity contribution >= 4 is 35.4 Å². The topological polar surface area (TPSA) is 150 Å². The Balaban J connectivity index is 1.19. The number of ether oxygens (including phenoxy) is 1. The summed E-state index contributed by atoms with van der Waals surface area (Å²) >= 11 is 7.75. The van der Waals surface area contributed by atoms with Gasteiger partial charge in [-0.05, 0) is 52.9 Å². The molecule has 1 saturated carbocycles. The first-order valence-electron chi connectivity index (χ1n) is 11.8. The fourth-order valence-electron chi connectivity index (χ4n) is 4.36. The van der Waals surface area contributed by atoms with E-state index in [-0.39, 0.29) is 40.3 Å². The minimum Gasteiger partial charge on any atom is -0.393 e. The Bertz CT molecular complexity index is 1620. The molecule has 0 bridgehead atoms. The first-order chi connectivity index (χ1) is 18.7. The summed E-state index contributed by atoms with van der Waals surface area (Å²) in [5.74, 6) is 0.124. The number of amides is 2. The maximum Gasteiger partial charge on any atom is 0.423 e. The van der Waals surface area contributed by atoms with E-state index in [1.807, 2.05) is 18.2 Å². The second kappa shape index (κ2) is 9.61. The second-order valence-electron chi connectivity index (χ2n) is 9.19. The normalized spacial score (nSPS) is 17.0. The molecule has 4 aromatic rings. The lowest BCUT2D eigenvalue weighted by Gasteiger charge is -2.20. The summed E-state index contributed by atoms with van der Waals surface area (Å²) in [4.78, 5) is 27.6. The molecule has 0 saturated heterocycles. The number of halogens is 2. The van der Waals surface area contributed by atoms with Gasteiger partial charge in [-0.15, -0.1) is 27.1 Å². The van der Waals surface area contributed by atoms with Gasteiger partial charge in [0.1, 0.15) is 11.4 Å². The Hall–Kier alpha value is -4.04. The van der Waals surface area contributed by atoms with Crippen LogP contribution in [0, 0.1) is 12.7 Å². The van der Waals surface area contributed by atoms with Crippen LogP contribution in [0.4, 0.5) is 9.18 Å². The monoisotopic (exact) mass is 570 g/mol. The molecular formula is C24H20ClFN8O4S. The first-order valence-corrected chi connectivity index (χ1v) is 13.2. The highest BCUT2D eigenvalue weighted by atomic mass is 35.5. The van der Waals surface area contributed by atoms with Crippen LogP contribution < -0.4 is 15.4 Å². The number of hydrogen-bond donors (Lipinski definition) is 2. The molecule has 1 atom stereocenters. The van der Waals surface area contributed by atoms with Crippen LogP contribution in [0.15, 0.2) is 39.6 Å². The van der Waals surface area contributed by atoms with E-state index in [1.165, 1.54) is 10.9 Å². The number of carbonyl (C=O) groups excluding carboxylic acids is 2. The summed E-state index contributed by atoms with van der Waals surface area (Å²) in [6, 6.07) is 8.24. The van der Waals surface area contributed by atoms with Crippen molar-refractivity contribution in [2.24, 2.45) is 7.05 Å². The maximum atomic E-state index is 15.0. The summed E-state index contributed by atoms with van der Waals surface area (Å²) in [6.45, 7) is 1.56. The van der Waals surface area contributed by atoms with Gasteiger partial charge in [-0.1, -0.05) is 28.8 Å². The predicted molar refractivity (Wildman–Crippen MR) is 136 cm³/mol. The van der Waals surface area contributed by atoms with Gasteiger partial charge in [0, 0.05) is 22.6 Å². The lowest BCUT2D eigenvalue weighted by atomic mass is 9.96. The van der Waals surface area contributed by atoms with E-state index < -0.39 is 17.4 Å². The number of aryl methyl sites for hydroxylation is 2. The molecule has 12 nitrogen and oxygen atoms in total. The number of aromatic nitrogens is 6. The van der Waals surface area contributed by atoms with Crippen molar-refractivity contribution in [2.75, 3.05) is 5.75 Å². The molecule has 2 amide bonds. The first kappa shape index (κ1) is 25.2. The number of thioether (sulfide) groups is 1. The van der Waals surface area contributed by atoms with Gasteiger partial charge in [0.2, 0.25) is 17.6 Å². The van der Waals surface area contributed by atoms with Gasteiger partial charge in [-0.3, -0.25) is 4.79 Å². The molecule has 2 aromatic heterocycles. The molecule has 3 heterocycles. The molecule has 1 aliphatic heterocycles. The molecule has 1 unspecified atom stereocenters. The third kappa shape index (κ3) is 4.92. The number of nitrogens with zero attached hydrogens (tertiary/aromatic N) is 6. The van der Waals surface area contributed by atoms with E-state index in [1.54, 1.807) is 31.8 Å². The standard InChI is InChI=1S/C24H20ClFN8O4S/c1-11-29-31-23(37-11)38-22(36)28-24(5-6-24)21(35)27-17-10-39-18-7-12(3-4-14(17)18)15-8-13(25)9-16(26)19(15)20-30-33-34(2)32-20/h3-4,7-9,17H,5-6,10H2,1-2H3,(H,27,35)(H,28,36). The maximum absolute atomic E-state index is 15.0. The largest absolute Gasteiger partial charge is 0.423 e. The molecule has 1 fully saturated rings. The van der Waals surface area contributed by atoms with Crippen molar-refractivity contribution < 1.29 is 23.1 Å². The number of nitrogens with one attached hydrogen (secondary N) is 2. The van der Waals surface area contributed by atoms with E-state index in [0.29, 0.717) is 24.2 Å². The zero-order chi connectivity index (χ0) is 27.3. The van der Waals surface area contributed by atoms with Crippen LogP contribution in [-0.2, 0) is 11.8 Å². The number of tetrazole rings is 1. The predicted octanol–water partition coefficient (Wildman–Crippen LogP) is 3.61.